The highest BCUT2D eigenvalue weighted by atomic mass is 32.2. The molecule has 2 saturated heterocycles. The van der Waals surface area contributed by atoms with Gasteiger partial charge in [-0.15, -0.1) is 0 Å². The number of alkyl halides is 3. The van der Waals surface area contributed by atoms with Crippen LogP contribution in [0.1, 0.15) is 31.2 Å². The number of hydrogen-bond acceptors (Lipinski definition) is 5. The van der Waals surface area contributed by atoms with Crippen molar-refractivity contribution in [3.05, 3.63) is 23.8 Å². The van der Waals surface area contributed by atoms with Crippen LogP contribution in [0.4, 0.5) is 13.2 Å². The van der Waals surface area contributed by atoms with E-state index in [9.17, 15) is 21.6 Å². The molecule has 0 radical (unpaired) electrons. The molecule has 1 unspecified atom stereocenters. The zero-order valence-electron chi connectivity index (χ0n) is 14.1. The maximum Gasteiger partial charge on any atom is 0.451 e. The average Bonchev–Trinajstić information content (AvgIpc) is 2.47. The minimum absolute atomic E-state index is 0.000161. The number of piperidine rings is 1. The molecule has 0 amide bonds. The highest BCUT2D eigenvalue weighted by Crippen LogP contribution is 2.42. The lowest BCUT2D eigenvalue weighted by atomic mass is 9.81. The quantitative estimate of drug-likeness (QED) is 0.805. The Hall–Kier alpha value is -1.22. The molecule has 2 aliphatic rings. The molecule has 0 bridgehead atoms. The molecule has 1 spiro atoms. The number of nitrogens with zero attached hydrogens (tertiary/aromatic N) is 3. The maximum absolute atomic E-state index is 12.5. The molecule has 25 heavy (non-hydrogen) atoms. The lowest BCUT2D eigenvalue weighted by molar-refractivity contribution is -0.145. The Morgan fingerprint density at radius 1 is 1.20 bits per heavy atom. The second-order valence-electron chi connectivity index (χ2n) is 7.55. The van der Waals surface area contributed by atoms with Gasteiger partial charge in [-0.05, 0) is 43.8 Å². The van der Waals surface area contributed by atoms with Crippen molar-refractivity contribution in [3.8, 4) is 0 Å². The first-order chi connectivity index (χ1) is 11.6. The van der Waals surface area contributed by atoms with Gasteiger partial charge in [0.1, 0.15) is 0 Å². The van der Waals surface area contributed by atoms with Gasteiger partial charge in [0, 0.05) is 24.4 Å². The molecule has 3 heterocycles. The molecule has 2 fully saturated rings. The van der Waals surface area contributed by atoms with Crippen LogP contribution in [0.25, 0.3) is 0 Å². The standard InChI is InChI=1S/C16H22F3N3O2S/c1-12(6-13-7-20-14(21-8-13)16(17,18)19)9-22-4-2-15(3-5-22)10-25(23,24)11-15/h7-8,12H,2-6,9-11H2,1H3. The predicted octanol–water partition coefficient (Wildman–Crippen LogP) is 2.18. The fraction of sp³-hybridized carbons (Fsp3) is 0.750. The van der Waals surface area contributed by atoms with Crippen molar-refractivity contribution >= 4 is 9.84 Å². The number of hydrogen-bond donors (Lipinski definition) is 0. The first-order valence-electron chi connectivity index (χ1n) is 8.38. The van der Waals surface area contributed by atoms with E-state index in [0.717, 1.165) is 32.5 Å². The topological polar surface area (TPSA) is 63.2 Å². The molecule has 1 aromatic rings. The van der Waals surface area contributed by atoms with Crippen LogP contribution in [0.2, 0.25) is 0 Å². The lowest BCUT2D eigenvalue weighted by Crippen LogP contribution is -2.55. The molecule has 3 rings (SSSR count). The summed E-state index contributed by atoms with van der Waals surface area (Å²) in [6.45, 7) is 4.65. The molecule has 1 aromatic heterocycles. The second kappa shape index (κ2) is 6.50. The summed E-state index contributed by atoms with van der Waals surface area (Å²) in [5.41, 5.74) is 0.693. The van der Waals surface area contributed by atoms with Crippen LogP contribution in [0.15, 0.2) is 12.4 Å². The SMILES string of the molecule is CC(Cc1cnc(C(F)(F)F)nc1)CN1CCC2(CC1)CS(=O)(=O)C2. The molecular weight excluding hydrogens is 355 g/mol. The Labute approximate surface area is 145 Å². The molecule has 5 nitrogen and oxygen atoms in total. The zero-order chi connectivity index (χ0) is 18.3. The van der Waals surface area contributed by atoms with Crippen molar-refractivity contribution in [3.63, 3.8) is 0 Å². The number of aromatic nitrogens is 2. The molecule has 2 aliphatic heterocycles. The van der Waals surface area contributed by atoms with Gasteiger partial charge in [-0.1, -0.05) is 6.92 Å². The average molecular weight is 377 g/mol. The highest BCUT2D eigenvalue weighted by Gasteiger charge is 2.49. The second-order valence-corrected chi connectivity index (χ2v) is 9.62. The molecule has 0 N–H and O–H groups in total. The Balaban J connectivity index is 1.46. The van der Waals surface area contributed by atoms with Gasteiger partial charge in [0.25, 0.3) is 0 Å². The molecular formula is C16H22F3N3O2S. The monoisotopic (exact) mass is 377 g/mol. The Morgan fingerprint density at radius 3 is 2.24 bits per heavy atom. The molecule has 0 aliphatic carbocycles. The third-order valence-corrected chi connectivity index (χ3v) is 7.19. The number of halogens is 3. The van der Waals surface area contributed by atoms with Crippen LogP contribution in [0.3, 0.4) is 0 Å². The van der Waals surface area contributed by atoms with E-state index in [1.54, 1.807) is 0 Å². The van der Waals surface area contributed by atoms with Gasteiger partial charge in [-0.25, -0.2) is 18.4 Å². The van der Waals surface area contributed by atoms with Crippen molar-refractivity contribution in [2.45, 2.75) is 32.4 Å². The number of rotatable bonds is 4. The smallest absolute Gasteiger partial charge is 0.303 e. The van der Waals surface area contributed by atoms with Gasteiger partial charge in [-0.2, -0.15) is 13.2 Å². The number of likely N-dealkylation sites (tertiary alicyclic amines) is 1. The molecule has 0 aromatic carbocycles. The number of sulfone groups is 1. The molecule has 1 atom stereocenters. The van der Waals surface area contributed by atoms with E-state index in [-0.39, 0.29) is 11.3 Å². The van der Waals surface area contributed by atoms with Crippen LogP contribution < -0.4 is 0 Å². The minimum atomic E-state index is -4.51. The van der Waals surface area contributed by atoms with Crippen LogP contribution >= 0.6 is 0 Å². The van der Waals surface area contributed by atoms with Gasteiger partial charge >= 0.3 is 6.18 Å². The fourth-order valence-corrected chi connectivity index (χ4v) is 6.26. The third kappa shape index (κ3) is 4.49. The normalized spacial score (nSPS) is 24.0. The zero-order valence-corrected chi connectivity index (χ0v) is 14.9. The Bertz CT molecular complexity index is 697. The van der Waals surface area contributed by atoms with Crippen molar-refractivity contribution in [2.75, 3.05) is 31.1 Å². The Kier molecular flexibility index (Phi) is 4.83. The van der Waals surface area contributed by atoms with Crippen LogP contribution in [-0.4, -0.2) is 54.4 Å². The van der Waals surface area contributed by atoms with Gasteiger partial charge < -0.3 is 4.90 Å². The summed E-state index contributed by atoms with van der Waals surface area (Å²) in [6, 6.07) is 0. The van der Waals surface area contributed by atoms with E-state index in [2.05, 4.69) is 21.8 Å². The predicted molar refractivity (Wildman–Crippen MR) is 86.7 cm³/mol. The van der Waals surface area contributed by atoms with E-state index in [0.29, 0.717) is 23.5 Å². The molecule has 140 valence electrons. The van der Waals surface area contributed by atoms with E-state index in [1.807, 2.05) is 0 Å². The maximum atomic E-state index is 12.5. The summed E-state index contributed by atoms with van der Waals surface area (Å²) in [5.74, 6) is -0.196. The summed E-state index contributed by atoms with van der Waals surface area (Å²) < 4.78 is 60.2. The molecule has 9 heteroatoms. The third-order valence-electron chi connectivity index (χ3n) is 5.08. The van der Waals surface area contributed by atoms with Crippen molar-refractivity contribution < 1.29 is 21.6 Å². The van der Waals surface area contributed by atoms with Crippen molar-refractivity contribution in [1.82, 2.24) is 14.9 Å². The highest BCUT2D eigenvalue weighted by molar-refractivity contribution is 7.92. The summed E-state index contributed by atoms with van der Waals surface area (Å²) in [4.78, 5) is 9.10. The van der Waals surface area contributed by atoms with Crippen molar-refractivity contribution in [2.24, 2.45) is 11.3 Å². The van der Waals surface area contributed by atoms with Gasteiger partial charge in [-0.3, -0.25) is 0 Å². The van der Waals surface area contributed by atoms with Gasteiger partial charge in [0.05, 0.1) is 11.5 Å². The van der Waals surface area contributed by atoms with E-state index >= 15 is 0 Å². The first-order valence-corrected chi connectivity index (χ1v) is 10.2. The summed E-state index contributed by atoms with van der Waals surface area (Å²) in [5, 5.41) is 0. The van der Waals surface area contributed by atoms with Crippen LogP contribution in [0, 0.1) is 11.3 Å². The molecule has 0 saturated carbocycles. The van der Waals surface area contributed by atoms with Gasteiger partial charge in [0.15, 0.2) is 9.84 Å². The van der Waals surface area contributed by atoms with Gasteiger partial charge in [0.2, 0.25) is 5.82 Å². The summed E-state index contributed by atoms with van der Waals surface area (Å²) >= 11 is 0. The minimum Gasteiger partial charge on any atom is -0.303 e. The fourth-order valence-electron chi connectivity index (χ4n) is 3.90. The van der Waals surface area contributed by atoms with E-state index in [1.165, 1.54) is 12.4 Å². The van der Waals surface area contributed by atoms with Crippen LogP contribution in [-0.2, 0) is 22.4 Å². The summed E-state index contributed by atoms with van der Waals surface area (Å²) in [7, 11) is -2.80. The van der Waals surface area contributed by atoms with Crippen LogP contribution in [0.5, 0.6) is 0 Å². The lowest BCUT2D eigenvalue weighted by Gasteiger charge is -2.47. The first kappa shape index (κ1) is 18.6. The van der Waals surface area contributed by atoms with E-state index in [4.69, 9.17) is 0 Å². The van der Waals surface area contributed by atoms with Crippen molar-refractivity contribution in [1.29, 1.82) is 0 Å². The summed E-state index contributed by atoms with van der Waals surface area (Å²) in [6.07, 6.45) is 0.412. The van der Waals surface area contributed by atoms with E-state index < -0.39 is 21.8 Å². The largest absolute Gasteiger partial charge is 0.451 e. The Morgan fingerprint density at radius 2 is 1.76 bits per heavy atom.